The van der Waals surface area contributed by atoms with Gasteiger partial charge < -0.3 is 0 Å². The van der Waals surface area contributed by atoms with Gasteiger partial charge in [0.15, 0.2) is 0 Å². The van der Waals surface area contributed by atoms with Crippen molar-refractivity contribution < 1.29 is 4.39 Å². The molecule has 3 heteroatoms. The first-order chi connectivity index (χ1) is 9.22. The van der Waals surface area contributed by atoms with E-state index in [1.165, 1.54) is 13.3 Å². The first-order valence-corrected chi connectivity index (χ1v) is 6.51. The van der Waals surface area contributed by atoms with Crippen molar-refractivity contribution in [2.75, 3.05) is 6.67 Å². The van der Waals surface area contributed by atoms with Crippen molar-refractivity contribution in [3.63, 3.8) is 0 Å². The minimum Gasteiger partial charge on any atom is -0.265 e. The van der Waals surface area contributed by atoms with Crippen molar-refractivity contribution in [2.45, 2.75) is 34.1 Å². The second kappa shape index (κ2) is 18.6. The Kier molecular flexibility index (Phi) is 19.1. The third-order valence-electron chi connectivity index (χ3n) is 1.38. The zero-order chi connectivity index (χ0) is 14.8. The molecule has 0 N–H and O–H groups in total. The van der Waals surface area contributed by atoms with E-state index >= 15 is 0 Å². The van der Waals surface area contributed by atoms with E-state index in [1.807, 2.05) is 43.3 Å². The lowest BCUT2D eigenvalue weighted by atomic mass is 10.4. The predicted molar refractivity (Wildman–Crippen MR) is 80.8 cm³/mol. The Hall–Kier alpha value is -1.77. The Labute approximate surface area is 116 Å². The highest BCUT2D eigenvalue weighted by Crippen LogP contribution is 1.86. The van der Waals surface area contributed by atoms with E-state index in [4.69, 9.17) is 0 Å². The number of alkyl halides is 1. The lowest BCUT2D eigenvalue weighted by Gasteiger charge is -1.82. The molecule has 2 aromatic rings. The van der Waals surface area contributed by atoms with Gasteiger partial charge in [-0.25, -0.2) is 0 Å². The zero-order valence-corrected chi connectivity index (χ0v) is 12.4. The maximum absolute atomic E-state index is 10.3. The number of pyridine rings is 2. The summed E-state index contributed by atoms with van der Waals surface area (Å²) in [6.07, 6.45) is 6.54. The van der Waals surface area contributed by atoms with Crippen molar-refractivity contribution in [1.82, 2.24) is 9.97 Å². The second-order valence-electron chi connectivity index (χ2n) is 3.47. The van der Waals surface area contributed by atoms with Gasteiger partial charge in [0.2, 0.25) is 0 Å². The maximum Gasteiger partial charge on any atom is 0.0866 e. The summed E-state index contributed by atoms with van der Waals surface area (Å²) in [5.41, 5.74) is 1.07. The summed E-state index contributed by atoms with van der Waals surface area (Å²) in [5, 5.41) is 0. The molecule has 0 aliphatic carbocycles. The lowest BCUT2D eigenvalue weighted by Crippen LogP contribution is -1.72. The molecule has 2 rings (SSSR count). The van der Waals surface area contributed by atoms with Crippen LogP contribution >= 0.6 is 0 Å². The van der Waals surface area contributed by atoms with E-state index in [-0.39, 0.29) is 6.67 Å². The summed E-state index contributed by atoms with van der Waals surface area (Å²) >= 11 is 0. The van der Waals surface area contributed by atoms with Crippen molar-refractivity contribution in [3.05, 3.63) is 60.7 Å². The third kappa shape index (κ3) is 22.0. The van der Waals surface area contributed by atoms with Crippen molar-refractivity contribution in [2.24, 2.45) is 0 Å². The van der Waals surface area contributed by atoms with Gasteiger partial charge in [-0.15, -0.1) is 0 Å². The van der Waals surface area contributed by atoms with Gasteiger partial charge in [0.1, 0.15) is 0 Å². The molecule has 2 aromatic heterocycles. The topological polar surface area (TPSA) is 25.8 Å². The van der Waals surface area contributed by atoms with Gasteiger partial charge in [-0.05, 0) is 38.1 Å². The van der Waals surface area contributed by atoms with Crippen molar-refractivity contribution in [3.8, 4) is 0 Å². The molecule has 0 spiro atoms. The quantitative estimate of drug-likeness (QED) is 0.679. The molecule has 0 fully saturated rings. The highest BCUT2D eigenvalue weighted by atomic mass is 19.1. The van der Waals surface area contributed by atoms with E-state index in [9.17, 15) is 4.39 Å². The number of halogens is 1. The molecule has 0 bridgehead atoms. The van der Waals surface area contributed by atoms with Crippen LogP contribution in [0.5, 0.6) is 0 Å². The SMILES string of the molecule is CCC.CCF.Cc1ccccn1.c1ccncc1. The highest BCUT2D eigenvalue weighted by Gasteiger charge is 1.73. The van der Waals surface area contributed by atoms with Crippen LogP contribution in [0.1, 0.15) is 32.9 Å². The molecule has 19 heavy (non-hydrogen) atoms. The lowest BCUT2D eigenvalue weighted by molar-refractivity contribution is 0.527. The van der Waals surface area contributed by atoms with Crippen LogP contribution < -0.4 is 0 Å². The average Bonchev–Trinajstić information content (AvgIpc) is 2.44. The van der Waals surface area contributed by atoms with Crippen LogP contribution in [-0.4, -0.2) is 16.6 Å². The molecular weight excluding hydrogens is 239 g/mol. The molecular formula is C16H25FN2. The van der Waals surface area contributed by atoms with Gasteiger partial charge in [-0.1, -0.05) is 32.4 Å². The molecule has 0 atom stereocenters. The van der Waals surface area contributed by atoms with Crippen LogP contribution in [-0.2, 0) is 0 Å². The monoisotopic (exact) mass is 264 g/mol. The first-order valence-electron chi connectivity index (χ1n) is 6.51. The number of hydrogen-bond acceptors (Lipinski definition) is 2. The van der Waals surface area contributed by atoms with Crippen molar-refractivity contribution >= 4 is 0 Å². The van der Waals surface area contributed by atoms with E-state index < -0.39 is 0 Å². The molecule has 0 unspecified atom stereocenters. The Morgan fingerprint density at radius 1 is 0.895 bits per heavy atom. The maximum atomic E-state index is 10.3. The fourth-order valence-electron chi connectivity index (χ4n) is 0.761. The van der Waals surface area contributed by atoms with Crippen LogP contribution in [0.15, 0.2) is 55.0 Å². The summed E-state index contributed by atoms with van der Waals surface area (Å²) < 4.78 is 10.3. The molecule has 2 nitrogen and oxygen atoms in total. The van der Waals surface area contributed by atoms with Crippen LogP contribution in [0.2, 0.25) is 0 Å². The summed E-state index contributed by atoms with van der Waals surface area (Å²) in [6, 6.07) is 11.6. The first kappa shape index (κ1) is 19.6. The van der Waals surface area contributed by atoms with Gasteiger partial charge in [0.05, 0.1) is 6.67 Å². The summed E-state index contributed by atoms with van der Waals surface area (Å²) in [5.74, 6) is 0. The number of aromatic nitrogens is 2. The van der Waals surface area contributed by atoms with E-state index in [0.717, 1.165) is 5.69 Å². The molecule has 0 saturated heterocycles. The molecule has 106 valence electrons. The van der Waals surface area contributed by atoms with Gasteiger partial charge in [0.25, 0.3) is 0 Å². The van der Waals surface area contributed by atoms with Crippen molar-refractivity contribution in [1.29, 1.82) is 0 Å². The zero-order valence-electron chi connectivity index (χ0n) is 12.4. The van der Waals surface area contributed by atoms with Crippen LogP contribution in [0, 0.1) is 6.92 Å². The largest absolute Gasteiger partial charge is 0.265 e. The predicted octanol–water partition coefficient (Wildman–Crippen LogP) is 4.86. The molecule has 0 amide bonds. The molecule has 0 aliphatic heterocycles. The third-order valence-corrected chi connectivity index (χ3v) is 1.38. The number of rotatable bonds is 0. The number of hydrogen-bond donors (Lipinski definition) is 0. The Morgan fingerprint density at radius 3 is 1.53 bits per heavy atom. The number of aryl methyl sites for hydroxylation is 1. The average molecular weight is 264 g/mol. The molecule has 0 aromatic carbocycles. The van der Waals surface area contributed by atoms with E-state index in [0.29, 0.717) is 0 Å². The van der Waals surface area contributed by atoms with Gasteiger partial charge in [-0.3, -0.25) is 14.4 Å². The Bertz CT molecular complexity index is 310. The standard InChI is InChI=1S/C6H7N.C5H5N.C3H8.C2H5F/c1-6-4-2-3-5-7-6;1-2-4-6-5-3-1;1-3-2;1-2-3/h2-5H,1H3;1-5H;3H2,1-2H3;2H2,1H3. The van der Waals surface area contributed by atoms with E-state index in [2.05, 4.69) is 23.8 Å². The molecule has 0 aliphatic rings. The van der Waals surface area contributed by atoms with Gasteiger partial charge in [0, 0.05) is 24.3 Å². The molecule has 0 saturated carbocycles. The van der Waals surface area contributed by atoms with Crippen LogP contribution in [0.25, 0.3) is 0 Å². The fourth-order valence-corrected chi connectivity index (χ4v) is 0.761. The number of nitrogens with zero attached hydrogens (tertiary/aromatic N) is 2. The van der Waals surface area contributed by atoms with Crippen LogP contribution in [0.4, 0.5) is 4.39 Å². The highest BCUT2D eigenvalue weighted by molar-refractivity contribution is 4.99. The van der Waals surface area contributed by atoms with Crippen LogP contribution in [0.3, 0.4) is 0 Å². The summed E-state index contributed by atoms with van der Waals surface area (Å²) in [4.78, 5) is 7.76. The normalized spacial score (nSPS) is 7.63. The minimum absolute atomic E-state index is 0.250. The smallest absolute Gasteiger partial charge is 0.0866 e. The van der Waals surface area contributed by atoms with E-state index in [1.54, 1.807) is 18.6 Å². The molecule has 2 heterocycles. The molecule has 0 radical (unpaired) electrons. The summed E-state index contributed by atoms with van der Waals surface area (Å²) in [6.45, 7) is 7.43. The van der Waals surface area contributed by atoms with Gasteiger partial charge >= 0.3 is 0 Å². The fraction of sp³-hybridized carbons (Fsp3) is 0.375. The van der Waals surface area contributed by atoms with Gasteiger partial charge in [-0.2, -0.15) is 0 Å². The second-order valence-corrected chi connectivity index (χ2v) is 3.47. The minimum atomic E-state index is -0.250. The Balaban J connectivity index is 0. The summed E-state index contributed by atoms with van der Waals surface area (Å²) in [7, 11) is 0. The Morgan fingerprint density at radius 2 is 1.37 bits per heavy atom.